The highest BCUT2D eigenvalue weighted by molar-refractivity contribution is 6.29. The fourth-order valence-corrected chi connectivity index (χ4v) is 1.97. The van der Waals surface area contributed by atoms with Gasteiger partial charge in [-0.2, -0.15) is 0 Å². The van der Waals surface area contributed by atoms with E-state index in [2.05, 4.69) is 4.98 Å². The highest BCUT2D eigenvalue weighted by Gasteiger charge is 2.24. The highest BCUT2D eigenvalue weighted by atomic mass is 35.5. The van der Waals surface area contributed by atoms with Gasteiger partial charge >= 0.3 is 0 Å². The van der Waals surface area contributed by atoms with Gasteiger partial charge in [0.05, 0.1) is 6.04 Å². The summed E-state index contributed by atoms with van der Waals surface area (Å²) < 4.78 is 0. The highest BCUT2D eigenvalue weighted by Crippen LogP contribution is 2.30. The van der Waals surface area contributed by atoms with Crippen LogP contribution in [0.5, 0.6) is 0 Å². The summed E-state index contributed by atoms with van der Waals surface area (Å²) in [4.78, 5) is 16.6. The first kappa shape index (κ1) is 9.46. The molecule has 0 radical (unpaired) electrons. The van der Waals surface area contributed by atoms with Gasteiger partial charge in [0, 0.05) is 12.7 Å². The van der Waals surface area contributed by atoms with Crippen molar-refractivity contribution in [2.45, 2.75) is 18.9 Å². The van der Waals surface area contributed by atoms with E-state index >= 15 is 0 Å². The van der Waals surface area contributed by atoms with Crippen molar-refractivity contribution in [2.75, 3.05) is 6.54 Å². The lowest BCUT2D eigenvalue weighted by Crippen LogP contribution is -2.21. The molecule has 74 valence electrons. The van der Waals surface area contributed by atoms with Gasteiger partial charge in [-0.1, -0.05) is 17.7 Å². The Morgan fingerprint density at radius 2 is 2.43 bits per heavy atom. The van der Waals surface area contributed by atoms with Crippen LogP contribution in [0, 0.1) is 0 Å². The molecule has 1 atom stereocenters. The molecule has 14 heavy (non-hydrogen) atoms. The average molecular weight is 211 g/mol. The van der Waals surface area contributed by atoms with E-state index in [9.17, 15) is 4.79 Å². The molecule has 1 fully saturated rings. The van der Waals surface area contributed by atoms with E-state index in [-0.39, 0.29) is 6.04 Å². The standard InChI is InChI=1S/C10H11ClN2O/c11-10-4-3-8(6-12-10)9-2-1-5-13(9)7-14/h3-4,6-7,9H,1-2,5H2/t9-/m1/s1. The summed E-state index contributed by atoms with van der Waals surface area (Å²) in [5.74, 6) is 0. The molecule has 4 heteroatoms. The van der Waals surface area contributed by atoms with Crippen LogP contribution in [-0.2, 0) is 4.79 Å². The van der Waals surface area contributed by atoms with Gasteiger partial charge in [-0.15, -0.1) is 0 Å². The molecule has 1 amide bonds. The molecule has 1 aliphatic heterocycles. The molecule has 0 N–H and O–H groups in total. The van der Waals surface area contributed by atoms with Crippen molar-refractivity contribution in [3.63, 3.8) is 0 Å². The second-order valence-electron chi connectivity index (χ2n) is 3.42. The van der Waals surface area contributed by atoms with Crippen LogP contribution in [0.4, 0.5) is 0 Å². The first-order valence-corrected chi connectivity index (χ1v) is 5.01. The number of rotatable bonds is 2. The molecule has 0 aromatic carbocycles. The number of carbonyl (C=O) groups excluding carboxylic acids is 1. The molecule has 1 aromatic rings. The van der Waals surface area contributed by atoms with Gasteiger partial charge in [-0.25, -0.2) is 4.98 Å². The molecule has 0 saturated carbocycles. The summed E-state index contributed by atoms with van der Waals surface area (Å²) in [7, 11) is 0. The number of likely N-dealkylation sites (tertiary alicyclic amines) is 1. The largest absolute Gasteiger partial charge is 0.338 e. The topological polar surface area (TPSA) is 33.2 Å². The Hall–Kier alpha value is -1.09. The van der Waals surface area contributed by atoms with Gasteiger partial charge in [-0.05, 0) is 24.5 Å². The van der Waals surface area contributed by atoms with Crippen molar-refractivity contribution in [2.24, 2.45) is 0 Å². The monoisotopic (exact) mass is 210 g/mol. The number of aromatic nitrogens is 1. The van der Waals surface area contributed by atoms with Crippen LogP contribution in [0.3, 0.4) is 0 Å². The minimum atomic E-state index is 0.192. The third-order valence-corrected chi connectivity index (χ3v) is 2.79. The zero-order valence-electron chi connectivity index (χ0n) is 7.69. The molecule has 0 spiro atoms. The fourth-order valence-electron chi connectivity index (χ4n) is 1.86. The molecule has 0 bridgehead atoms. The van der Waals surface area contributed by atoms with Gasteiger partial charge in [0.1, 0.15) is 5.15 Å². The number of hydrogen-bond donors (Lipinski definition) is 0. The minimum Gasteiger partial charge on any atom is -0.338 e. The maximum atomic E-state index is 10.7. The Kier molecular flexibility index (Phi) is 2.68. The lowest BCUT2D eigenvalue weighted by Gasteiger charge is -2.19. The molecule has 1 aromatic heterocycles. The van der Waals surface area contributed by atoms with E-state index in [1.54, 1.807) is 12.3 Å². The van der Waals surface area contributed by atoms with Gasteiger partial charge in [-0.3, -0.25) is 4.79 Å². The molecular weight excluding hydrogens is 200 g/mol. The third kappa shape index (κ3) is 1.73. The lowest BCUT2D eigenvalue weighted by atomic mass is 10.1. The Labute approximate surface area is 87.7 Å². The van der Waals surface area contributed by atoms with E-state index in [0.717, 1.165) is 31.4 Å². The molecule has 1 aliphatic rings. The van der Waals surface area contributed by atoms with Gasteiger partial charge < -0.3 is 4.90 Å². The van der Waals surface area contributed by atoms with Gasteiger partial charge in [0.15, 0.2) is 0 Å². The number of carbonyl (C=O) groups is 1. The van der Waals surface area contributed by atoms with Crippen LogP contribution in [0.15, 0.2) is 18.3 Å². The second kappa shape index (κ2) is 3.96. The maximum Gasteiger partial charge on any atom is 0.210 e. The van der Waals surface area contributed by atoms with Crippen LogP contribution in [0.1, 0.15) is 24.4 Å². The Bertz CT molecular complexity index is 325. The number of amides is 1. The molecule has 0 unspecified atom stereocenters. The van der Waals surface area contributed by atoms with E-state index in [1.807, 2.05) is 11.0 Å². The Balaban J connectivity index is 2.21. The number of nitrogens with zero attached hydrogens (tertiary/aromatic N) is 2. The van der Waals surface area contributed by atoms with Crippen molar-refractivity contribution in [3.05, 3.63) is 29.0 Å². The lowest BCUT2D eigenvalue weighted by molar-refractivity contribution is -0.118. The maximum absolute atomic E-state index is 10.7. The van der Waals surface area contributed by atoms with E-state index in [0.29, 0.717) is 5.15 Å². The normalized spacial score (nSPS) is 21.2. The van der Waals surface area contributed by atoms with E-state index in [4.69, 9.17) is 11.6 Å². The van der Waals surface area contributed by atoms with Crippen molar-refractivity contribution in [1.29, 1.82) is 0 Å². The summed E-state index contributed by atoms with van der Waals surface area (Å²) in [6.45, 7) is 0.844. The molecular formula is C10H11ClN2O. The van der Waals surface area contributed by atoms with Crippen LogP contribution in [0.25, 0.3) is 0 Å². The summed E-state index contributed by atoms with van der Waals surface area (Å²) >= 11 is 5.69. The van der Waals surface area contributed by atoms with Crippen LogP contribution in [-0.4, -0.2) is 22.8 Å². The zero-order valence-corrected chi connectivity index (χ0v) is 8.44. The van der Waals surface area contributed by atoms with Crippen LogP contribution in [0.2, 0.25) is 5.15 Å². The minimum absolute atomic E-state index is 0.192. The first-order chi connectivity index (χ1) is 6.81. The SMILES string of the molecule is O=CN1CCC[C@@H]1c1ccc(Cl)nc1. The zero-order chi connectivity index (χ0) is 9.97. The summed E-state index contributed by atoms with van der Waals surface area (Å²) in [6, 6.07) is 3.89. The molecule has 1 saturated heterocycles. The van der Waals surface area contributed by atoms with E-state index in [1.165, 1.54) is 0 Å². The average Bonchev–Trinajstić information content (AvgIpc) is 2.67. The molecule has 2 rings (SSSR count). The van der Waals surface area contributed by atoms with Crippen molar-refractivity contribution in [3.8, 4) is 0 Å². The first-order valence-electron chi connectivity index (χ1n) is 4.64. The van der Waals surface area contributed by atoms with Crippen molar-refractivity contribution in [1.82, 2.24) is 9.88 Å². The predicted octanol–water partition coefficient (Wildman–Crippen LogP) is 2.03. The molecule has 0 aliphatic carbocycles. The number of pyridine rings is 1. The fraction of sp³-hybridized carbons (Fsp3) is 0.400. The smallest absolute Gasteiger partial charge is 0.210 e. The summed E-state index contributed by atoms with van der Waals surface area (Å²) in [6.07, 6.45) is 4.73. The molecule has 3 nitrogen and oxygen atoms in total. The quantitative estimate of drug-likeness (QED) is 0.553. The van der Waals surface area contributed by atoms with Gasteiger partial charge in [0.2, 0.25) is 6.41 Å². The van der Waals surface area contributed by atoms with Gasteiger partial charge in [0.25, 0.3) is 0 Å². The third-order valence-electron chi connectivity index (χ3n) is 2.56. The van der Waals surface area contributed by atoms with Crippen LogP contribution >= 0.6 is 11.6 Å². The van der Waals surface area contributed by atoms with Crippen LogP contribution < -0.4 is 0 Å². The second-order valence-corrected chi connectivity index (χ2v) is 3.80. The Morgan fingerprint density at radius 3 is 3.07 bits per heavy atom. The Morgan fingerprint density at radius 1 is 1.57 bits per heavy atom. The predicted molar refractivity (Wildman–Crippen MR) is 54.0 cm³/mol. The summed E-state index contributed by atoms with van der Waals surface area (Å²) in [5, 5.41) is 0.490. The summed E-state index contributed by atoms with van der Waals surface area (Å²) in [5.41, 5.74) is 1.07. The van der Waals surface area contributed by atoms with E-state index < -0.39 is 0 Å². The number of halogens is 1. The number of hydrogen-bond acceptors (Lipinski definition) is 2. The van der Waals surface area contributed by atoms with Crippen molar-refractivity contribution >= 4 is 18.0 Å². The molecule has 2 heterocycles. The van der Waals surface area contributed by atoms with Crippen molar-refractivity contribution < 1.29 is 4.79 Å².